The molecule has 0 radical (unpaired) electrons. The number of allylic oxidation sites excluding steroid dienone is 1. The minimum atomic E-state index is -3.89. The summed E-state index contributed by atoms with van der Waals surface area (Å²) in [6.07, 6.45) is 7.26. The van der Waals surface area contributed by atoms with Crippen LogP contribution in [0, 0.1) is 5.92 Å². The van der Waals surface area contributed by atoms with Gasteiger partial charge in [-0.2, -0.15) is 0 Å². The van der Waals surface area contributed by atoms with E-state index in [-0.39, 0.29) is 19.4 Å². The summed E-state index contributed by atoms with van der Waals surface area (Å²) < 4.78 is 38.2. The topological polar surface area (TPSA) is 189 Å². The molecule has 4 aliphatic rings. The van der Waals surface area contributed by atoms with Crippen LogP contribution in [0.2, 0.25) is 0 Å². The Balaban J connectivity index is 1.42. The van der Waals surface area contributed by atoms with Crippen molar-refractivity contribution in [2.75, 3.05) is 13.7 Å². The monoisotopic (exact) mass is 701 g/mol. The zero-order valence-electron chi connectivity index (χ0n) is 28.5. The molecule has 0 aromatic heterocycles. The quantitative estimate of drug-likeness (QED) is 0.309. The van der Waals surface area contributed by atoms with Gasteiger partial charge in [0.15, 0.2) is 0 Å². The molecule has 1 aromatic rings. The Morgan fingerprint density at radius 3 is 2.37 bits per heavy atom. The van der Waals surface area contributed by atoms with Crippen molar-refractivity contribution in [1.29, 1.82) is 0 Å². The second kappa shape index (κ2) is 14.4. The Bertz CT molecular complexity index is 1590. The maximum atomic E-state index is 14.2. The number of benzene rings is 1. The Morgan fingerprint density at radius 1 is 1.00 bits per heavy atom. The van der Waals surface area contributed by atoms with Gasteiger partial charge in [-0.1, -0.05) is 25.0 Å². The number of nitrogens with zero attached hydrogens (tertiary/aromatic N) is 1. The minimum absolute atomic E-state index is 0.0250. The lowest BCUT2D eigenvalue weighted by atomic mass is 10.0. The van der Waals surface area contributed by atoms with Crippen LogP contribution in [0.1, 0.15) is 88.9 Å². The number of amides is 5. The Labute approximate surface area is 287 Å². The smallest absolute Gasteiger partial charge is 0.408 e. The lowest BCUT2D eigenvalue weighted by Crippen LogP contribution is -2.58. The fraction of sp³-hybridized carbons (Fsp3) is 0.618. The van der Waals surface area contributed by atoms with E-state index in [0.717, 1.165) is 12.8 Å². The largest absolute Gasteiger partial charge is 0.497 e. The first-order valence-electron chi connectivity index (χ1n) is 16.9. The molecule has 5 rings (SSSR count). The Hall–Kier alpha value is -4.14. The van der Waals surface area contributed by atoms with Gasteiger partial charge in [-0.15, -0.1) is 0 Å². The van der Waals surface area contributed by atoms with Crippen LogP contribution in [0.5, 0.6) is 5.75 Å². The lowest BCUT2D eigenvalue weighted by molar-refractivity contribution is -0.141. The van der Waals surface area contributed by atoms with E-state index < -0.39 is 80.2 Å². The third kappa shape index (κ3) is 8.91. The van der Waals surface area contributed by atoms with Gasteiger partial charge in [-0.05, 0) is 90.0 Å². The lowest BCUT2D eigenvalue weighted by Gasteiger charge is -2.30. The molecule has 2 heterocycles. The molecule has 1 saturated heterocycles. The van der Waals surface area contributed by atoms with Crippen LogP contribution in [0.3, 0.4) is 0 Å². The number of carbonyl (C=O) groups excluding carboxylic acids is 5. The molecule has 0 spiro atoms. The first kappa shape index (κ1) is 36.1. The number of fused-ring (bicyclic) bond motifs is 2. The summed E-state index contributed by atoms with van der Waals surface area (Å²) in [6, 6.07) is 3.69. The maximum Gasteiger partial charge on any atom is 0.408 e. The second-order valence-corrected chi connectivity index (χ2v) is 16.3. The van der Waals surface area contributed by atoms with E-state index in [2.05, 4.69) is 20.7 Å². The molecular formula is C34H47N5O9S. The van der Waals surface area contributed by atoms with Crippen molar-refractivity contribution in [3.8, 4) is 5.75 Å². The molecule has 3 fully saturated rings. The standard InChI is InChI=1S/C34H47N5O9S/c1-33(2,3)48-32(44)36-26-11-9-7-5-6-8-10-22-19-34(22,31(43)38-49(45,46)25-16-17-25)37-29(41)27-18-23(20-39(27)30(26)42)35-28(40)21-12-14-24(47-4)15-13-21/h8,10,12-15,22-23,25-27H,5-7,9,11,16-20H2,1-4H3,(H,35,40)(H,36,44)(H,37,41)(H,38,43)/b10-8-/t22-,23-,26+,27+,34-/m1/s1. The van der Waals surface area contributed by atoms with Crippen LogP contribution in [0.15, 0.2) is 36.4 Å². The van der Waals surface area contributed by atoms with E-state index in [1.807, 2.05) is 12.2 Å². The van der Waals surface area contributed by atoms with Crippen LogP contribution in [0.25, 0.3) is 0 Å². The molecule has 5 amide bonds. The van der Waals surface area contributed by atoms with E-state index in [9.17, 15) is 32.4 Å². The summed E-state index contributed by atoms with van der Waals surface area (Å²) in [5.74, 6) is -2.27. The van der Waals surface area contributed by atoms with Crippen molar-refractivity contribution < 1.29 is 41.9 Å². The normalized spacial score (nSPS) is 28.4. The third-order valence-corrected chi connectivity index (χ3v) is 11.1. The molecule has 14 nitrogen and oxygen atoms in total. The van der Waals surface area contributed by atoms with Crippen LogP contribution < -0.4 is 25.4 Å². The molecular weight excluding hydrogens is 654 g/mol. The molecule has 0 unspecified atom stereocenters. The molecule has 4 N–H and O–H groups in total. The van der Waals surface area contributed by atoms with Gasteiger partial charge in [0.2, 0.25) is 21.8 Å². The van der Waals surface area contributed by atoms with E-state index in [0.29, 0.717) is 43.4 Å². The summed E-state index contributed by atoms with van der Waals surface area (Å²) in [6.45, 7) is 5.09. The van der Waals surface area contributed by atoms with Crippen LogP contribution >= 0.6 is 0 Å². The first-order chi connectivity index (χ1) is 23.1. The predicted molar refractivity (Wildman–Crippen MR) is 179 cm³/mol. The van der Waals surface area contributed by atoms with E-state index in [4.69, 9.17) is 9.47 Å². The number of ether oxygens (including phenoxy) is 2. The minimum Gasteiger partial charge on any atom is -0.497 e. The molecule has 49 heavy (non-hydrogen) atoms. The highest BCUT2D eigenvalue weighted by atomic mass is 32.2. The molecule has 2 aliphatic heterocycles. The van der Waals surface area contributed by atoms with Gasteiger partial charge in [0.25, 0.3) is 11.8 Å². The molecule has 1 aromatic carbocycles. The van der Waals surface area contributed by atoms with Crippen LogP contribution in [-0.2, 0) is 29.1 Å². The fourth-order valence-corrected chi connectivity index (χ4v) is 7.73. The summed E-state index contributed by atoms with van der Waals surface area (Å²) in [7, 11) is -2.37. The summed E-state index contributed by atoms with van der Waals surface area (Å²) >= 11 is 0. The molecule has 2 aliphatic carbocycles. The molecule has 2 saturated carbocycles. The summed E-state index contributed by atoms with van der Waals surface area (Å²) in [4.78, 5) is 69.3. The SMILES string of the molecule is COc1ccc(C(=O)N[C@@H]2C[C@H]3C(=O)N[C@]4(C(=O)NS(=O)(=O)C5CC5)C[C@H]4/C=C\CCCCC[C@H](NC(=O)OC(C)(C)C)C(=O)N3C2)cc1. The number of sulfonamides is 1. The highest BCUT2D eigenvalue weighted by Gasteiger charge is 2.62. The highest BCUT2D eigenvalue weighted by Crippen LogP contribution is 2.46. The summed E-state index contributed by atoms with van der Waals surface area (Å²) in [5, 5.41) is 7.79. The number of nitrogens with one attached hydrogen (secondary N) is 4. The Kier molecular flexibility index (Phi) is 10.6. The zero-order chi connectivity index (χ0) is 35.6. The average Bonchev–Trinajstić information content (AvgIpc) is 3.95. The van der Waals surface area contributed by atoms with Crippen molar-refractivity contribution in [3.05, 3.63) is 42.0 Å². The number of hydrogen-bond donors (Lipinski definition) is 4. The fourth-order valence-electron chi connectivity index (χ4n) is 6.37. The average molecular weight is 702 g/mol. The highest BCUT2D eigenvalue weighted by molar-refractivity contribution is 7.91. The van der Waals surface area contributed by atoms with Gasteiger partial charge < -0.3 is 30.3 Å². The first-order valence-corrected chi connectivity index (χ1v) is 18.5. The predicted octanol–water partition coefficient (Wildman–Crippen LogP) is 2.29. The number of carbonyl (C=O) groups is 5. The molecule has 15 heteroatoms. The number of hydrogen-bond acceptors (Lipinski definition) is 9. The van der Waals surface area contributed by atoms with Crippen molar-refractivity contribution in [1.82, 2.24) is 25.6 Å². The van der Waals surface area contributed by atoms with Crippen molar-refractivity contribution >= 4 is 39.7 Å². The summed E-state index contributed by atoms with van der Waals surface area (Å²) in [5.41, 5.74) is -1.97. The van der Waals surface area contributed by atoms with Gasteiger partial charge >= 0.3 is 6.09 Å². The second-order valence-electron chi connectivity index (χ2n) is 14.4. The van der Waals surface area contributed by atoms with E-state index in [1.165, 1.54) is 12.0 Å². The zero-order valence-corrected chi connectivity index (χ0v) is 29.3. The van der Waals surface area contributed by atoms with Crippen molar-refractivity contribution in [2.24, 2.45) is 5.92 Å². The molecule has 268 valence electrons. The number of alkyl carbamates (subject to hydrolysis) is 1. The van der Waals surface area contributed by atoms with Crippen LogP contribution in [-0.4, -0.2) is 91.2 Å². The van der Waals surface area contributed by atoms with Gasteiger partial charge in [-0.3, -0.25) is 23.9 Å². The van der Waals surface area contributed by atoms with Crippen molar-refractivity contribution in [2.45, 2.75) is 113 Å². The number of rotatable bonds is 7. The van der Waals surface area contributed by atoms with Gasteiger partial charge in [0.05, 0.1) is 12.4 Å². The van der Waals surface area contributed by atoms with E-state index >= 15 is 0 Å². The van der Waals surface area contributed by atoms with Crippen LogP contribution in [0.4, 0.5) is 4.79 Å². The molecule has 5 atom stereocenters. The maximum absolute atomic E-state index is 14.2. The van der Waals surface area contributed by atoms with Gasteiger partial charge in [-0.25, -0.2) is 13.2 Å². The van der Waals surface area contributed by atoms with Gasteiger partial charge in [0.1, 0.15) is 29.0 Å². The van der Waals surface area contributed by atoms with Gasteiger partial charge in [0, 0.05) is 24.1 Å². The molecule has 0 bridgehead atoms. The Morgan fingerprint density at radius 2 is 1.71 bits per heavy atom. The van der Waals surface area contributed by atoms with Crippen molar-refractivity contribution in [3.63, 3.8) is 0 Å². The van der Waals surface area contributed by atoms with E-state index in [1.54, 1.807) is 45.0 Å². The third-order valence-electron chi connectivity index (χ3n) is 9.26. The number of methoxy groups -OCH3 is 1.